The topological polar surface area (TPSA) is 53.9 Å². The van der Waals surface area contributed by atoms with Gasteiger partial charge in [-0.2, -0.15) is 0 Å². The normalized spacial score (nSPS) is 16.1. The van der Waals surface area contributed by atoms with Gasteiger partial charge in [0.25, 0.3) is 0 Å². The summed E-state index contributed by atoms with van der Waals surface area (Å²) in [5, 5.41) is 7.98. The van der Waals surface area contributed by atoms with Crippen molar-refractivity contribution in [3.63, 3.8) is 0 Å². The second kappa shape index (κ2) is 9.23. The van der Waals surface area contributed by atoms with Crippen molar-refractivity contribution in [2.24, 2.45) is 5.16 Å². The largest absolute Gasteiger partial charge is 0.390 e. The fraction of sp³-hybridized carbons (Fsp3) is 0.364. The van der Waals surface area contributed by atoms with Gasteiger partial charge in [0, 0.05) is 23.1 Å². The zero-order valence-corrected chi connectivity index (χ0v) is 18.6. The summed E-state index contributed by atoms with van der Waals surface area (Å²) in [6.07, 6.45) is 0.140. The number of rotatable bonds is 5. The van der Waals surface area contributed by atoms with E-state index in [0.717, 1.165) is 11.3 Å². The van der Waals surface area contributed by atoms with E-state index < -0.39 is 5.54 Å². The van der Waals surface area contributed by atoms with Crippen molar-refractivity contribution in [1.82, 2.24) is 10.2 Å². The highest BCUT2D eigenvalue weighted by atomic mass is 35.5. The molecule has 1 N–H and O–H groups in total. The van der Waals surface area contributed by atoms with Crippen LogP contribution < -0.4 is 5.32 Å². The van der Waals surface area contributed by atoms with Crippen molar-refractivity contribution < 1.29 is 14.0 Å². The first-order valence-corrected chi connectivity index (χ1v) is 10.4. The highest BCUT2D eigenvalue weighted by Gasteiger charge is 2.29. The maximum atomic E-state index is 14.2. The summed E-state index contributed by atoms with van der Waals surface area (Å²) in [6, 6.07) is 11.4. The van der Waals surface area contributed by atoms with Crippen molar-refractivity contribution in [3.8, 4) is 0 Å². The van der Waals surface area contributed by atoms with Crippen LogP contribution in [0.5, 0.6) is 0 Å². The second-order valence-electron chi connectivity index (χ2n) is 8.25. The molecule has 8 heteroatoms. The van der Waals surface area contributed by atoms with Crippen LogP contribution >= 0.6 is 23.2 Å². The molecule has 1 unspecified atom stereocenters. The Hall–Kier alpha value is -2.31. The number of carbonyl (C=O) groups excluding carboxylic acids is 1. The predicted molar refractivity (Wildman–Crippen MR) is 118 cm³/mol. The van der Waals surface area contributed by atoms with E-state index in [1.165, 1.54) is 6.07 Å². The Morgan fingerprint density at radius 3 is 2.63 bits per heavy atom. The van der Waals surface area contributed by atoms with Crippen molar-refractivity contribution in [1.29, 1.82) is 0 Å². The summed E-state index contributed by atoms with van der Waals surface area (Å²) in [5.74, 6) is -0.355. The van der Waals surface area contributed by atoms with Gasteiger partial charge in [-0.15, -0.1) is 0 Å². The molecule has 1 aliphatic heterocycles. The molecule has 0 bridgehead atoms. The molecule has 2 aromatic rings. The van der Waals surface area contributed by atoms with Gasteiger partial charge in [0.2, 0.25) is 0 Å². The third kappa shape index (κ3) is 5.86. The number of urea groups is 1. The van der Waals surface area contributed by atoms with Crippen LogP contribution in [0.3, 0.4) is 0 Å². The summed E-state index contributed by atoms with van der Waals surface area (Å²) in [4.78, 5) is 20.0. The third-order valence-electron chi connectivity index (χ3n) is 4.50. The van der Waals surface area contributed by atoms with Crippen LogP contribution in [0.25, 0.3) is 0 Å². The zero-order valence-electron chi connectivity index (χ0n) is 17.1. The molecule has 1 atom stereocenters. The number of nitrogens with one attached hydrogen (secondary N) is 1. The van der Waals surface area contributed by atoms with E-state index in [0.29, 0.717) is 22.0 Å². The Labute approximate surface area is 185 Å². The second-order valence-corrected chi connectivity index (χ2v) is 9.06. The van der Waals surface area contributed by atoms with Gasteiger partial charge < -0.3 is 15.1 Å². The number of nitrogens with zero attached hydrogens (tertiary/aromatic N) is 2. The van der Waals surface area contributed by atoms with Crippen molar-refractivity contribution in [3.05, 3.63) is 69.5 Å². The average Bonchev–Trinajstić information content (AvgIpc) is 3.12. The predicted octanol–water partition coefficient (Wildman–Crippen LogP) is 5.64. The van der Waals surface area contributed by atoms with Crippen LogP contribution in [0.15, 0.2) is 47.6 Å². The van der Waals surface area contributed by atoms with Crippen LogP contribution in [0, 0.1) is 5.82 Å². The first-order valence-electron chi connectivity index (χ1n) is 9.61. The number of halogens is 3. The minimum absolute atomic E-state index is 0.122. The van der Waals surface area contributed by atoms with Gasteiger partial charge in [-0.1, -0.05) is 52.6 Å². The Kier molecular flexibility index (Phi) is 6.88. The maximum absolute atomic E-state index is 14.2. The molecule has 30 heavy (non-hydrogen) atoms. The molecule has 0 saturated heterocycles. The fourth-order valence-corrected chi connectivity index (χ4v) is 3.37. The standard InChI is InChI=1S/C22H24Cl2FN3O2/c1-22(2,3)26-21(29)28(12-15-6-4-5-7-19(15)25)13-16-11-20(27-30-16)14-8-9-17(23)18(24)10-14/h4-10,16H,11-13H2,1-3H3,(H,26,29). The molecule has 3 rings (SSSR count). The van der Waals surface area contributed by atoms with Crippen LogP contribution in [-0.4, -0.2) is 34.8 Å². The Balaban J connectivity index is 1.72. The van der Waals surface area contributed by atoms with Crippen molar-refractivity contribution >= 4 is 34.9 Å². The summed E-state index contributed by atoms with van der Waals surface area (Å²) in [6.45, 7) is 6.05. The zero-order chi connectivity index (χ0) is 21.9. The third-order valence-corrected chi connectivity index (χ3v) is 5.24. The van der Waals surface area contributed by atoms with Gasteiger partial charge in [0.1, 0.15) is 5.82 Å². The molecule has 0 saturated carbocycles. The molecule has 0 fully saturated rings. The van der Waals surface area contributed by atoms with Crippen LogP contribution in [-0.2, 0) is 11.4 Å². The molecule has 0 radical (unpaired) electrons. The quantitative estimate of drug-likeness (QED) is 0.639. The number of carbonyl (C=O) groups is 1. The number of hydrogen-bond acceptors (Lipinski definition) is 3. The van der Waals surface area contributed by atoms with Gasteiger partial charge in [-0.25, -0.2) is 9.18 Å². The first kappa shape index (κ1) is 22.4. The maximum Gasteiger partial charge on any atom is 0.318 e. The summed E-state index contributed by atoms with van der Waals surface area (Å²) < 4.78 is 14.2. The number of hydrogen-bond donors (Lipinski definition) is 1. The van der Waals surface area contributed by atoms with Gasteiger partial charge >= 0.3 is 6.03 Å². The monoisotopic (exact) mass is 451 g/mol. The van der Waals surface area contributed by atoms with E-state index in [-0.39, 0.29) is 31.0 Å². The average molecular weight is 452 g/mol. The molecule has 0 aliphatic carbocycles. The SMILES string of the molecule is CC(C)(C)NC(=O)N(Cc1ccccc1F)CC1CC(c2ccc(Cl)c(Cl)c2)=NO1. The molecule has 160 valence electrons. The van der Waals surface area contributed by atoms with Gasteiger partial charge in [-0.3, -0.25) is 0 Å². The number of oxime groups is 1. The molecule has 5 nitrogen and oxygen atoms in total. The van der Waals surface area contributed by atoms with E-state index in [1.54, 1.807) is 35.2 Å². The minimum Gasteiger partial charge on any atom is -0.390 e. The lowest BCUT2D eigenvalue weighted by Gasteiger charge is -2.29. The van der Waals surface area contributed by atoms with Crippen LogP contribution in [0.2, 0.25) is 10.0 Å². The van der Waals surface area contributed by atoms with E-state index >= 15 is 0 Å². The lowest BCUT2D eigenvalue weighted by Crippen LogP contribution is -2.50. The molecule has 2 aromatic carbocycles. The highest BCUT2D eigenvalue weighted by Crippen LogP contribution is 2.26. The first-order chi connectivity index (χ1) is 14.1. The lowest BCUT2D eigenvalue weighted by atomic mass is 10.0. The Morgan fingerprint density at radius 1 is 1.23 bits per heavy atom. The molecular weight excluding hydrogens is 428 g/mol. The molecule has 0 aromatic heterocycles. The molecular formula is C22H24Cl2FN3O2. The van der Waals surface area contributed by atoms with E-state index in [1.807, 2.05) is 26.8 Å². The summed E-state index contributed by atoms with van der Waals surface area (Å²) in [7, 11) is 0. The van der Waals surface area contributed by atoms with E-state index in [9.17, 15) is 9.18 Å². The Morgan fingerprint density at radius 2 is 1.97 bits per heavy atom. The molecule has 0 spiro atoms. The van der Waals surface area contributed by atoms with Crippen molar-refractivity contribution in [2.75, 3.05) is 6.54 Å². The van der Waals surface area contributed by atoms with E-state index in [2.05, 4.69) is 10.5 Å². The van der Waals surface area contributed by atoms with Gasteiger partial charge in [0.05, 0.1) is 28.8 Å². The van der Waals surface area contributed by atoms with Crippen LogP contribution in [0.1, 0.15) is 38.3 Å². The Bertz CT molecular complexity index is 960. The summed E-state index contributed by atoms with van der Waals surface area (Å²) >= 11 is 12.1. The van der Waals surface area contributed by atoms with Crippen LogP contribution in [0.4, 0.5) is 9.18 Å². The minimum atomic E-state index is -0.428. The van der Waals surface area contributed by atoms with Gasteiger partial charge in [0.15, 0.2) is 6.10 Å². The highest BCUT2D eigenvalue weighted by molar-refractivity contribution is 6.42. The summed E-state index contributed by atoms with van der Waals surface area (Å²) in [5.41, 5.74) is 1.54. The smallest absolute Gasteiger partial charge is 0.318 e. The number of benzene rings is 2. The number of amides is 2. The molecule has 1 aliphatic rings. The lowest BCUT2D eigenvalue weighted by molar-refractivity contribution is 0.0578. The molecule has 1 heterocycles. The van der Waals surface area contributed by atoms with E-state index in [4.69, 9.17) is 28.0 Å². The van der Waals surface area contributed by atoms with Gasteiger partial charge in [-0.05, 0) is 39.0 Å². The molecule has 2 amide bonds. The van der Waals surface area contributed by atoms with Crippen molar-refractivity contribution in [2.45, 2.75) is 45.4 Å². The fourth-order valence-electron chi connectivity index (χ4n) is 3.07.